The lowest BCUT2D eigenvalue weighted by Crippen LogP contribution is -2.59. The van der Waals surface area contributed by atoms with E-state index in [-0.39, 0.29) is 25.9 Å². The molecule has 0 saturated carbocycles. The Morgan fingerprint density at radius 3 is 2.24 bits per heavy atom. The van der Waals surface area contributed by atoms with E-state index in [1.54, 1.807) is 20.0 Å². The fourth-order valence-corrected chi connectivity index (χ4v) is 7.36. The van der Waals surface area contributed by atoms with Crippen LogP contribution in [0.4, 0.5) is 0 Å². The maximum Gasteiger partial charge on any atom is 0.326 e. The van der Waals surface area contributed by atoms with Gasteiger partial charge in [0.2, 0.25) is 29.5 Å². The van der Waals surface area contributed by atoms with E-state index >= 15 is 0 Å². The van der Waals surface area contributed by atoms with E-state index in [0.717, 1.165) is 16.5 Å². The van der Waals surface area contributed by atoms with Crippen molar-refractivity contribution in [1.29, 1.82) is 0 Å². The fourth-order valence-electron chi connectivity index (χ4n) is 7.36. The molecule has 0 bridgehead atoms. The van der Waals surface area contributed by atoms with E-state index in [0.29, 0.717) is 57.9 Å². The molecule has 0 aliphatic carbocycles. The number of nitrogens with one attached hydrogen (secondary N) is 4. The largest absolute Gasteiger partial charge is 0.481 e. The minimum absolute atomic E-state index is 0.147. The number of aliphatic carboxylic acids is 2. The van der Waals surface area contributed by atoms with Gasteiger partial charge in [0.15, 0.2) is 0 Å². The number of nitrogens with zero attached hydrogens (tertiary/aromatic N) is 2. The number of nitrogens with two attached hydrogens (primary N) is 2. The van der Waals surface area contributed by atoms with Gasteiger partial charge in [-0.25, -0.2) is 4.79 Å². The highest BCUT2D eigenvalue weighted by Gasteiger charge is 2.44. The Hall–Kier alpha value is -5.03. The van der Waals surface area contributed by atoms with Gasteiger partial charge < -0.3 is 52.4 Å². The summed E-state index contributed by atoms with van der Waals surface area (Å²) >= 11 is 0. The van der Waals surface area contributed by atoms with Gasteiger partial charge in [-0.15, -0.1) is 0 Å². The summed E-state index contributed by atoms with van der Waals surface area (Å²) < 4.78 is 0. The third-order valence-electron chi connectivity index (χ3n) is 10.7. The second-order valence-corrected chi connectivity index (χ2v) is 14.6. The summed E-state index contributed by atoms with van der Waals surface area (Å²) in [6.45, 7) is 4.51. The van der Waals surface area contributed by atoms with Crippen molar-refractivity contribution in [2.24, 2.45) is 17.4 Å². The van der Waals surface area contributed by atoms with Crippen molar-refractivity contribution in [3.63, 3.8) is 0 Å². The first-order valence-corrected chi connectivity index (χ1v) is 19.2. The topological polar surface area (TPSA) is 270 Å². The van der Waals surface area contributed by atoms with Crippen LogP contribution in [-0.4, -0.2) is 122 Å². The van der Waals surface area contributed by atoms with Gasteiger partial charge >= 0.3 is 11.9 Å². The summed E-state index contributed by atoms with van der Waals surface area (Å²) in [4.78, 5) is 98.0. The van der Waals surface area contributed by atoms with Gasteiger partial charge in [0, 0.05) is 43.0 Å². The maximum absolute atomic E-state index is 14.4. The maximum atomic E-state index is 14.4. The Balaban J connectivity index is 1.51. The number of aromatic nitrogens is 1. The zero-order chi connectivity index (χ0) is 40.2. The number of amides is 5. The number of aromatic amines is 1. The van der Waals surface area contributed by atoms with Crippen molar-refractivity contribution in [2.45, 2.75) is 121 Å². The number of H-pyrrole nitrogens is 1. The van der Waals surface area contributed by atoms with E-state index in [1.165, 1.54) is 9.80 Å². The molecule has 0 radical (unpaired) electrons. The number of rotatable bonds is 20. The monoisotopic (exact) mass is 768 g/mol. The van der Waals surface area contributed by atoms with Crippen LogP contribution in [0, 0.1) is 5.92 Å². The lowest BCUT2D eigenvalue weighted by Gasteiger charge is -2.34. The van der Waals surface area contributed by atoms with E-state index in [4.69, 9.17) is 16.6 Å². The summed E-state index contributed by atoms with van der Waals surface area (Å²) in [6, 6.07) is 1.26. The third-order valence-corrected chi connectivity index (χ3v) is 10.7. The zero-order valence-electron chi connectivity index (χ0n) is 31.6. The van der Waals surface area contributed by atoms with Gasteiger partial charge in [0.25, 0.3) is 0 Å². The number of carbonyl (C=O) groups excluding carboxylic acids is 5. The number of unbranched alkanes of at least 4 members (excludes halogenated alkanes) is 1. The molecule has 5 amide bonds. The molecule has 3 heterocycles. The molecule has 0 unspecified atom stereocenters. The van der Waals surface area contributed by atoms with Crippen molar-refractivity contribution < 1.29 is 43.8 Å². The number of hydrogen-bond acceptors (Lipinski definition) is 9. The molecule has 2 aliphatic rings. The molecule has 2 aromatic rings. The minimum Gasteiger partial charge on any atom is -0.481 e. The summed E-state index contributed by atoms with van der Waals surface area (Å²) in [5.41, 5.74) is 13.5. The fraction of sp³-hybridized carbons (Fsp3) is 0.605. The summed E-state index contributed by atoms with van der Waals surface area (Å²) in [7, 11) is 0. The third kappa shape index (κ3) is 11.0. The van der Waals surface area contributed by atoms with Gasteiger partial charge in [0.1, 0.15) is 30.2 Å². The Labute approximate surface area is 320 Å². The Kier molecular flexibility index (Phi) is 15.6. The van der Waals surface area contributed by atoms with Crippen LogP contribution >= 0.6 is 0 Å². The van der Waals surface area contributed by atoms with E-state index in [2.05, 4.69) is 20.9 Å². The zero-order valence-corrected chi connectivity index (χ0v) is 31.6. The molecule has 4 rings (SSSR count). The summed E-state index contributed by atoms with van der Waals surface area (Å²) in [6.07, 6.45) is 5.02. The second-order valence-electron chi connectivity index (χ2n) is 14.6. The van der Waals surface area contributed by atoms with Crippen molar-refractivity contribution in [3.05, 3.63) is 36.0 Å². The molecule has 17 nitrogen and oxygen atoms in total. The first kappa shape index (κ1) is 42.7. The van der Waals surface area contributed by atoms with Gasteiger partial charge in [0.05, 0.1) is 6.04 Å². The van der Waals surface area contributed by atoms with Crippen LogP contribution in [0.3, 0.4) is 0 Å². The van der Waals surface area contributed by atoms with Crippen molar-refractivity contribution in [3.8, 4) is 0 Å². The normalized spacial score (nSPS) is 19.6. The first-order chi connectivity index (χ1) is 26.3. The van der Waals surface area contributed by atoms with Crippen molar-refractivity contribution in [1.82, 2.24) is 30.7 Å². The smallest absolute Gasteiger partial charge is 0.326 e. The SMILES string of the molecule is CC[C@H](C)[C@H](NC(=O)[C@@H]1CCCN1C(=O)[C@@H]1CCCN1C(=O)[C@H](Cc1c[nH]c2ccccc12)NC(=O)[C@@H](N)CCCCN)C(=O)N[C@@H](CCC(=O)O)C(=O)O. The van der Waals surface area contributed by atoms with Crippen LogP contribution < -0.4 is 27.4 Å². The van der Waals surface area contributed by atoms with E-state index < -0.39 is 90.1 Å². The van der Waals surface area contributed by atoms with Crippen LogP contribution in [0.5, 0.6) is 0 Å². The Bertz CT molecular complexity index is 1700. The van der Waals surface area contributed by atoms with Crippen LogP contribution in [0.15, 0.2) is 30.5 Å². The lowest BCUT2D eigenvalue weighted by atomic mass is 9.97. The van der Waals surface area contributed by atoms with Crippen LogP contribution in [0.25, 0.3) is 10.9 Å². The number of carboxylic acid groups (broad SMARTS) is 2. The molecule has 7 atom stereocenters. The highest BCUT2D eigenvalue weighted by Crippen LogP contribution is 2.27. The molecular weight excluding hydrogens is 712 g/mol. The quantitative estimate of drug-likeness (QED) is 0.0864. The van der Waals surface area contributed by atoms with Crippen LogP contribution in [0.2, 0.25) is 0 Å². The van der Waals surface area contributed by atoms with Gasteiger partial charge in [-0.05, 0) is 69.0 Å². The van der Waals surface area contributed by atoms with Gasteiger partial charge in [-0.2, -0.15) is 0 Å². The molecule has 1 aromatic heterocycles. The predicted molar refractivity (Wildman–Crippen MR) is 202 cm³/mol. The highest BCUT2D eigenvalue weighted by atomic mass is 16.4. The second kappa shape index (κ2) is 20.0. The van der Waals surface area contributed by atoms with Gasteiger partial charge in [-0.3, -0.25) is 28.8 Å². The number of carboxylic acids is 2. The molecule has 10 N–H and O–H groups in total. The molecule has 2 saturated heterocycles. The molecule has 0 spiro atoms. The first-order valence-electron chi connectivity index (χ1n) is 19.2. The van der Waals surface area contributed by atoms with E-state index in [1.807, 2.05) is 24.3 Å². The molecule has 2 aliphatic heterocycles. The average molecular weight is 769 g/mol. The van der Waals surface area contributed by atoms with Crippen molar-refractivity contribution >= 4 is 52.4 Å². The highest BCUT2D eigenvalue weighted by molar-refractivity contribution is 5.97. The molecular formula is C38H56N8O9. The molecule has 302 valence electrons. The molecule has 2 fully saturated rings. The van der Waals surface area contributed by atoms with Crippen LogP contribution in [0.1, 0.15) is 83.6 Å². The number of carbonyl (C=O) groups is 7. The van der Waals surface area contributed by atoms with E-state index in [9.17, 15) is 38.7 Å². The molecule has 55 heavy (non-hydrogen) atoms. The summed E-state index contributed by atoms with van der Waals surface area (Å²) in [5.74, 6) is -5.74. The number of fused-ring (bicyclic) bond motifs is 1. The lowest BCUT2D eigenvalue weighted by molar-refractivity contribution is -0.148. The van der Waals surface area contributed by atoms with Crippen LogP contribution in [-0.2, 0) is 40.0 Å². The standard InChI is InChI=1S/C38H56N8O9/c1-3-22(2)32(35(51)42-27(38(54)55)15-16-31(47)48)44-34(50)29-13-8-18-45(29)37(53)30-14-9-19-46(30)36(52)28(43-33(49)25(40)11-6-7-17-39)20-23-21-41-26-12-5-4-10-24(23)26/h4-5,10,12,21-22,25,27-30,32,41H,3,6-9,11,13-20,39-40H2,1-2H3,(H,42,51)(H,43,49)(H,44,50)(H,47,48)(H,54,55)/t22-,25-,27-,28-,29-,30-,32-/m0/s1. The average Bonchev–Trinajstić information content (AvgIpc) is 3.95. The predicted octanol–water partition coefficient (Wildman–Crippen LogP) is 0.599. The number of likely N-dealkylation sites (tertiary alicyclic amines) is 2. The molecule has 1 aromatic carbocycles. The Morgan fingerprint density at radius 2 is 1.56 bits per heavy atom. The van der Waals surface area contributed by atoms with Crippen molar-refractivity contribution in [2.75, 3.05) is 19.6 Å². The van der Waals surface area contributed by atoms with Gasteiger partial charge in [-0.1, -0.05) is 44.9 Å². The minimum atomic E-state index is -1.47. The summed E-state index contributed by atoms with van der Waals surface area (Å²) in [5, 5.41) is 27.4. The Morgan fingerprint density at radius 1 is 0.891 bits per heavy atom. The molecule has 17 heteroatoms. The number of benzene rings is 1. The number of para-hydroxylation sites is 1. The number of hydrogen-bond donors (Lipinski definition) is 8.